The van der Waals surface area contributed by atoms with Crippen molar-refractivity contribution in [2.24, 2.45) is 5.92 Å². The van der Waals surface area contributed by atoms with Crippen LogP contribution in [0.15, 0.2) is 18.2 Å². The Bertz CT molecular complexity index is 403. The quantitative estimate of drug-likeness (QED) is 0.757. The number of hydrogen-bond donors (Lipinski definition) is 0. The first-order chi connectivity index (χ1) is 8.19. The monoisotopic (exact) mass is 252 g/mol. The Morgan fingerprint density at radius 3 is 2.94 bits per heavy atom. The van der Waals surface area contributed by atoms with Gasteiger partial charge in [-0.25, -0.2) is 0 Å². The maximum atomic E-state index is 10.9. The second-order valence-electron chi connectivity index (χ2n) is 4.81. The molecular formula is C14H17ClO2. The van der Waals surface area contributed by atoms with Crippen molar-refractivity contribution < 1.29 is 9.53 Å². The van der Waals surface area contributed by atoms with Gasteiger partial charge < -0.3 is 4.74 Å². The van der Waals surface area contributed by atoms with E-state index < -0.39 is 0 Å². The fraction of sp³-hybridized carbons (Fsp3) is 0.500. The number of hydrogen-bond acceptors (Lipinski definition) is 2. The standard InChI is InChI=1S/C14H17ClO2/c1-10-3-2-4-13(7-10)17-14-8-12(15)6-5-11(14)9-16/h5-6,8-10,13H,2-4,7H2,1H3. The molecule has 2 atom stereocenters. The summed E-state index contributed by atoms with van der Waals surface area (Å²) in [6, 6.07) is 5.14. The second kappa shape index (κ2) is 5.54. The van der Waals surface area contributed by atoms with Crippen molar-refractivity contribution in [1.82, 2.24) is 0 Å². The van der Waals surface area contributed by atoms with Gasteiger partial charge in [0.05, 0.1) is 11.7 Å². The summed E-state index contributed by atoms with van der Waals surface area (Å²) in [6.45, 7) is 2.24. The first kappa shape index (κ1) is 12.4. The summed E-state index contributed by atoms with van der Waals surface area (Å²) in [5, 5.41) is 0.606. The molecule has 1 aromatic carbocycles. The molecule has 92 valence electrons. The Morgan fingerprint density at radius 2 is 2.24 bits per heavy atom. The summed E-state index contributed by atoms with van der Waals surface area (Å²) < 4.78 is 5.91. The van der Waals surface area contributed by atoms with Gasteiger partial charge in [-0.3, -0.25) is 4.79 Å². The van der Waals surface area contributed by atoms with E-state index in [1.54, 1.807) is 18.2 Å². The molecular weight excluding hydrogens is 236 g/mol. The van der Waals surface area contributed by atoms with Crippen LogP contribution in [-0.4, -0.2) is 12.4 Å². The zero-order valence-electron chi connectivity index (χ0n) is 9.99. The lowest BCUT2D eigenvalue weighted by Gasteiger charge is -2.27. The van der Waals surface area contributed by atoms with Crippen LogP contribution in [0.3, 0.4) is 0 Å². The first-order valence-corrected chi connectivity index (χ1v) is 6.48. The number of halogens is 1. The van der Waals surface area contributed by atoms with E-state index in [-0.39, 0.29) is 6.10 Å². The molecule has 1 aliphatic carbocycles. The molecule has 0 bridgehead atoms. The zero-order valence-corrected chi connectivity index (χ0v) is 10.7. The summed E-state index contributed by atoms with van der Waals surface area (Å²) >= 11 is 5.92. The van der Waals surface area contributed by atoms with Gasteiger partial charge in [-0.2, -0.15) is 0 Å². The van der Waals surface area contributed by atoms with Gasteiger partial charge in [-0.1, -0.05) is 24.9 Å². The smallest absolute Gasteiger partial charge is 0.153 e. The lowest BCUT2D eigenvalue weighted by molar-refractivity contribution is 0.109. The van der Waals surface area contributed by atoms with Gasteiger partial charge in [0.25, 0.3) is 0 Å². The normalized spacial score (nSPS) is 24.4. The Hall–Kier alpha value is -1.02. The third kappa shape index (κ3) is 3.22. The number of benzene rings is 1. The van der Waals surface area contributed by atoms with Crippen LogP contribution in [-0.2, 0) is 0 Å². The predicted octanol–water partition coefficient (Wildman–Crippen LogP) is 4.11. The Labute approximate surface area is 107 Å². The number of carbonyl (C=O) groups excluding carboxylic acids is 1. The minimum atomic E-state index is 0.218. The van der Waals surface area contributed by atoms with Crippen molar-refractivity contribution in [2.75, 3.05) is 0 Å². The summed E-state index contributed by atoms with van der Waals surface area (Å²) in [5.74, 6) is 1.32. The van der Waals surface area contributed by atoms with Crippen LogP contribution in [0.1, 0.15) is 43.0 Å². The second-order valence-corrected chi connectivity index (χ2v) is 5.25. The molecule has 0 saturated heterocycles. The zero-order chi connectivity index (χ0) is 12.3. The molecule has 17 heavy (non-hydrogen) atoms. The van der Waals surface area contributed by atoms with E-state index in [9.17, 15) is 4.79 Å². The maximum Gasteiger partial charge on any atom is 0.153 e. The molecule has 1 fully saturated rings. The molecule has 1 saturated carbocycles. The highest BCUT2D eigenvalue weighted by molar-refractivity contribution is 6.30. The minimum absolute atomic E-state index is 0.218. The van der Waals surface area contributed by atoms with Crippen LogP contribution in [0.4, 0.5) is 0 Å². The lowest BCUT2D eigenvalue weighted by Crippen LogP contribution is -2.24. The number of aldehydes is 1. The van der Waals surface area contributed by atoms with Crippen LogP contribution >= 0.6 is 11.6 Å². The summed E-state index contributed by atoms with van der Waals surface area (Å²) in [5.41, 5.74) is 0.577. The predicted molar refractivity (Wildman–Crippen MR) is 68.9 cm³/mol. The van der Waals surface area contributed by atoms with Gasteiger partial charge in [0.1, 0.15) is 5.75 Å². The molecule has 0 spiro atoms. The third-order valence-corrected chi connectivity index (χ3v) is 3.52. The molecule has 1 aromatic rings. The van der Waals surface area contributed by atoms with Crippen molar-refractivity contribution in [3.8, 4) is 5.75 Å². The van der Waals surface area contributed by atoms with E-state index in [4.69, 9.17) is 16.3 Å². The first-order valence-electron chi connectivity index (χ1n) is 6.10. The average molecular weight is 253 g/mol. The molecule has 0 N–H and O–H groups in total. The summed E-state index contributed by atoms with van der Waals surface area (Å²) in [7, 11) is 0. The van der Waals surface area contributed by atoms with Crippen molar-refractivity contribution in [3.63, 3.8) is 0 Å². The third-order valence-electron chi connectivity index (χ3n) is 3.28. The molecule has 0 aromatic heterocycles. The van der Waals surface area contributed by atoms with Gasteiger partial charge in [0, 0.05) is 5.02 Å². The van der Waals surface area contributed by atoms with Gasteiger partial charge in [-0.15, -0.1) is 0 Å². The molecule has 0 aliphatic heterocycles. The van der Waals surface area contributed by atoms with Crippen LogP contribution < -0.4 is 4.74 Å². The van der Waals surface area contributed by atoms with E-state index in [0.717, 1.165) is 19.1 Å². The van der Waals surface area contributed by atoms with E-state index in [1.165, 1.54) is 12.8 Å². The molecule has 2 nitrogen and oxygen atoms in total. The Balaban J connectivity index is 2.11. The van der Waals surface area contributed by atoms with Gasteiger partial charge in [-0.05, 0) is 43.4 Å². The molecule has 0 radical (unpaired) electrons. The molecule has 2 rings (SSSR count). The fourth-order valence-corrected chi connectivity index (χ4v) is 2.53. The highest BCUT2D eigenvalue weighted by Crippen LogP contribution is 2.30. The maximum absolute atomic E-state index is 10.9. The van der Waals surface area contributed by atoms with E-state index in [2.05, 4.69) is 6.92 Å². The lowest BCUT2D eigenvalue weighted by atomic mass is 9.88. The van der Waals surface area contributed by atoms with Crippen molar-refractivity contribution in [1.29, 1.82) is 0 Å². The average Bonchev–Trinajstić information content (AvgIpc) is 2.29. The van der Waals surface area contributed by atoms with E-state index in [1.807, 2.05) is 0 Å². The van der Waals surface area contributed by atoms with Crippen LogP contribution in [0.2, 0.25) is 5.02 Å². The van der Waals surface area contributed by atoms with Gasteiger partial charge >= 0.3 is 0 Å². The molecule has 0 amide bonds. The van der Waals surface area contributed by atoms with Crippen LogP contribution in [0.25, 0.3) is 0 Å². The fourth-order valence-electron chi connectivity index (χ4n) is 2.37. The van der Waals surface area contributed by atoms with E-state index >= 15 is 0 Å². The Morgan fingerprint density at radius 1 is 1.41 bits per heavy atom. The van der Waals surface area contributed by atoms with Crippen molar-refractivity contribution in [2.45, 2.75) is 38.7 Å². The number of rotatable bonds is 3. The molecule has 3 heteroatoms. The van der Waals surface area contributed by atoms with Gasteiger partial charge in [0.15, 0.2) is 6.29 Å². The summed E-state index contributed by atoms with van der Waals surface area (Å²) in [4.78, 5) is 10.9. The van der Waals surface area contributed by atoms with Crippen molar-refractivity contribution in [3.05, 3.63) is 28.8 Å². The topological polar surface area (TPSA) is 26.3 Å². The van der Waals surface area contributed by atoms with Crippen molar-refractivity contribution >= 4 is 17.9 Å². The highest BCUT2D eigenvalue weighted by atomic mass is 35.5. The van der Waals surface area contributed by atoms with Gasteiger partial charge in [0.2, 0.25) is 0 Å². The summed E-state index contributed by atoms with van der Waals surface area (Å²) in [6.07, 6.45) is 5.63. The SMILES string of the molecule is CC1CCCC(Oc2cc(Cl)ccc2C=O)C1. The van der Waals surface area contributed by atoms with Crippen LogP contribution in [0, 0.1) is 5.92 Å². The molecule has 1 aliphatic rings. The Kier molecular flexibility index (Phi) is 4.06. The highest BCUT2D eigenvalue weighted by Gasteiger charge is 2.21. The molecule has 0 heterocycles. The number of carbonyl (C=O) groups is 1. The van der Waals surface area contributed by atoms with E-state index in [0.29, 0.717) is 22.3 Å². The largest absolute Gasteiger partial charge is 0.490 e. The number of ether oxygens (including phenoxy) is 1. The van der Waals surface area contributed by atoms with Crippen LogP contribution in [0.5, 0.6) is 5.75 Å². The molecule has 2 unspecified atom stereocenters. The minimum Gasteiger partial charge on any atom is -0.490 e.